The van der Waals surface area contributed by atoms with Gasteiger partial charge in [0.05, 0.1) is 24.2 Å². The number of carbonyl (C=O) groups excluding carboxylic acids is 3. The van der Waals surface area contributed by atoms with Crippen molar-refractivity contribution in [1.82, 2.24) is 0 Å². The molecule has 0 aromatic heterocycles. The predicted molar refractivity (Wildman–Crippen MR) is 100 cm³/mol. The summed E-state index contributed by atoms with van der Waals surface area (Å²) in [6.07, 6.45) is 0.0991. The van der Waals surface area contributed by atoms with Crippen LogP contribution in [0, 0.1) is 5.92 Å². The maximum absolute atomic E-state index is 12.5. The van der Waals surface area contributed by atoms with Crippen LogP contribution in [0.3, 0.4) is 0 Å². The van der Waals surface area contributed by atoms with Gasteiger partial charge >= 0.3 is 17.9 Å². The SMILES string of the molecule is C=C1C(=O)O[C@H]2[C@H]1[C@H](OC(=O)/C(C)=C\C)[C@@H](O)/C(C(=O)OC)=C\CC[C@@]1(C)O[C@H]21. The highest BCUT2D eigenvalue weighted by atomic mass is 16.7. The lowest BCUT2D eigenvalue weighted by Gasteiger charge is -2.31. The fraction of sp³-hybridized carbons (Fsp3) is 0.571. The van der Waals surface area contributed by atoms with E-state index in [2.05, 4.69) is 6.58 Å². The largest absolute Gasteiger partial charge is 0.466 e. The molecule has 2 saturated heterocycles. The molecule has 29 heavy (non-hydrogen) atoms. The first kappa shape index (κ1) is 21.3. The third-order valence-corrected chi connectivity index (χ3v) is 5.91. The molecule has 2 aliphatic heterocycles. The summed E-state index contributed by atoms with van der Waals surface area (Å²) >= 11 is 0. The lowest BCUT2D eigenvalue weighted by Crippen LogP contribution is -2.46. The molecule has 3 rings (SSSR count). The zero-order valence-electron chi connectivity index (χ0n) is 17.0. The Hall–Kier alpha value is -2.45. The molecule has 0 amide bonds. The summed E-state index contributed by atoms with van der Waals surface area (Å²) in [7, 11) is 1.20. The number of esters is 3. The van der Waals surface area contributed by atoms with Gasteiger partial charge in [-0.3, -0.25) is 0 Å². The van der Waals surface area contributed by atoms with E-state index < -0.39 is 53.8 Å². The van der Waals surface area contributed by atoms with Crippen LogP contribution < -0.4 is 0 Å². The van der Waals surface area contributed by atoms with E-state index in [1.807, 2.05) is 6.92 Å². The van der Waals surface area contributed by atoms with Crippen LogP contribution in [0.25, 0.3) is 0 Å². The maximum Gasteiger partial charge on any atom is 0.336 e. The van der Waals surface area contributed by atoms with E-state index >= 15 is 0 Å². The number of fused-ring (bicyclic) bond motifs is 3. The van der Waals surface area contributed by atoms with Crippen LogP contribution in [-0.2, 0) is 33.3 Å². The Kier molecular flexibility index (Phi) is 5.69. The second-order valence-electron chi connectivity index (χ2n) is 7.75. The molecule has 8 heteroatoms. The average molecular weight is 406 g/mol. The predicted octanol–water partition coefficient (Wildman–Crippen LogP) is 1.37. The Labute approximate surface area is 169 Å². The topological polar surface area (TPSA) is 112 Å². The summed E-state index contributed by atoms with van der Waals surface area (Å²) < 4.78 is 21.7. The van der Waals surface area contributed by atoms with Gasteiger partial charge in [0, 0.05) is 11.1 Å². The summed E-state index contributed by atoms with van der Waals surface area (Å²) in [5.74, 6) is -2.93. The van der Waals surface area contributed by atoms with Gasteiger partial charge in [-0.2, -0.15) is 0 Å². The Balaban J connectivity index is 2.07. The lowest BCUT2D eigenvalue weighted by atomic mass is 9.80. The Bertz CT molecular complexity index is 809. The molecule has 1 aliphatic carbocycles. The van der Waals surface area contributed by atoms with Crippen LogP contribution in [0.1, 0.15) is 33.6 Å². The number of hydrogen-bond donors (Lipinski definition) is 1. The van der Waals surface area contributed by atoms with Gasteiger partial charge in [-0.25, -0.2) is 14.4 Å². The number of ether oxygens (including phenoxy) is 4. The van der Waals surface area contributed by atoms with Crippen LogP contribution in [0.5, 0.6) is 0 Å². The van der Waals surface area contributed by atoms with Crippen LogP contribution in [0.2, 0.25) is 0 Å². The van der Waals surface area contributed by atoms with Crippen molar-refractivity contribution in [2.24, 2.45) is 5.92 Å². The normalized spacial score (nSPS) is 38.7. The minimum absolute atomic E-state index is 0.0444. The first-order valence-corrected chi connectivity index (χ1v) is 9.52. The van der Waals surface area contributed by atoms with E-state index in [0.717, 1.165) is 0 Å². The molecule has 2 heterocycles. The average Bonchev–Trinajstić information content (AvgIpc) is 3.28. The molecule has 3 aliphatic rings. The van der Waals surface area contributed by atoms with Crippen molar-refractivity contribution in [2.45, 2.75) is 63.6 Å². The van der Waals surface area contributed by atoms with E-state index in [1.54, 1.807) is 26.0 Å². The molecular weight excluding hydrogens is 380 g/mol. The molecule has 0 unspecified atom stereocenters. The number of hydrogen-bond acceptors (Lipinski definition) is 8. The van der Waals surface area contributed by atoms with E-state index in [1.165, 1.54) is 7.11 Å². The van der Waals surface area contributed by atoms with Gasteiger partial charge in [0.15, 0.2) is 0 Å². The van der Waals surface area contributed by atoms with Crippen LogP contribution in [0.4, 0.5) is 0 Å². The van der Waals surface area contributed by atoms with Gasteiger partial charge in [0.1, 0.15) is 24.4 Å². The quantitative estimate of drug-likeness (QED) is 0.324. The van der Waals surface area contributed by atoms with Gasteiger partial charge in [0.25, 0.3) is 0 Å². The Morgan fingerprint density at radius 2 is 2.10 bits per heavy atom. The molecule has 0 saturated carbocycles. The third kappa shape index (κ3) is 3.74. The van der Waals surface area contributed by atoms with Gasteiger partial charge in [-0.1, -0.05) is 18.7 Å². The van der Waals surface area contributed by atoms with E-state index in [-0.39, 0.29) is 11.1 Å². The Morgan fingerprint density at radius 1 is 1.41 bits per heavy atom. The summed E-state index contributed by atoms with van der Waals surface area (Å²) in [6, 6.07) is 0. The second kappa shape index (κ2) is 7.76. The molecule has 1 N–H and O–H groups in total. The highest BCUT2D eigenvalue weighted by molar-refractivity contribution is 5.93. The molecule has 0 radical (unpaired) electrons. The zero-order chi connectivity index (χ0) is 21.5. The fourth-order valence-electron chi connectivity index (χ4n) is 3.92. The molecule has 0 aromatic rings. The van der Waals surface area contributed by atoms with E-state index in [4.69, 9.17) is 18.9 Å². The van der Waals surface area contributed by atoms with Crippen molar-refractivity contribution in [1.29, 1.82) is 0 Å². The summed E-state index contributed by atoms with van der Waals surface area (Å²) in [4.78, 5) is 37.1. The van der Waals surface area contributed by atoms with Gasteiger partial charge in [0.2, 0.25) is 0 Å². The van der Waals surface area contributed by atoms with Crippen molar-refractivity contribution in [2.75, 3.05) is 7.11 Å². The molecule has 158 valence electrons. The van der Waals surface area contributed by atoms with Crippen LogP contribution in [-0.4, -0.2) is 60.1 Å². The lowest BCUT2D eigenvalue weighted by molar-refractivity contribution is -0.157. The zero-order valence-corrected chi connectivity index (χ0v) is 17.0. The fourth-order valence-corrected chi connectivity index (χ4v) is 3.92. The third-order valence-electron chi connectivity index (χ3n) is 5.91. The Morgan fingerprint density at radius 3 is 2.72 bits per heavy atom. The number of aliphatic hydroxyl groups is 1. The molecule has 8 nitrogen and oxygen atoms in total. The van der Waals surface area contributed by atoms with E-state index in [9.17, 15) is 19.5 Å². The smallest absolute Gasteiger partial charge is 0.336 e. The molecule has 0 bridgehead atoms. The molecule has 2 fully saturated rings. The number of epoxide rings is 1. The summed E-state index contributed by atoms with van der Waals surface area (Å²) in [6.45, 7) is 8.91. The first-order valence-electron chi connectivity index (χ1n) is 9.52. The van der Waals surface area contributed by atoms with Gasteiger partial charge in [-0.05, 0) is 33.6 Å². The summed E-state index contributed by atoms with van der Waals surface area (Å²) in [5.41, 5.74) is -0.218. The maximum atomic E-state index is 12.5. The first-order chi connectivity index (χ1) is 13.6. The monoisotopic (exact) mass is 406 g/mol. The highest BCUT2D eigenvalue weighted by Crippen LogP contribution is 2.50. The highest BCUT2D eigenvalue weighted by Gasteiger charge is 2.64. The van der Waals surface area contributed by atoms with Crippen molar-refractivity contribution >= 4 is 17.9 Å². The number of methoxy groups -OCH3 is 1. The standard InChI is InChI=1S/C21H26O8/c1-6-10(2)18(23)27-15-13-11(3)19(24)28-16(13)17-21(4,29-17)9-7-8-12(14(15)22)20(25)26-5/h6,8,13-17,22H,3,7,9H2,1-2,4-5H3/b10-6-,12-8+/t13-,14+,15+,16+,17-,21-/m1/s1. The van der Waals surface area contributed by atoms with Gasteiger partial charge in [-0.15, -0.1) is 0 Å². The minimum atomic E-state index is -1.53. The molecular formula is C21H26O8. The van der Waals surface area contributed by atoms with E-state index in [0.29, 0.717) is 18.4 Å². The van der Waals surface area contributed by atoms with Crippen molar-refractivity contribution in [3.05, 3.63) is 35.5 Å². The second-order valence-corrected chi connectivity index (χ2v) is 7.75. The minimum Gasteiger partial charge on any atom is -0.466 e. The molecule has 6 atom stereocenters. The number of carbonyl (C=O) groups is 3. The number of aliphatic hydroxyl groups excluding tert-OH is 1. The molecule has 0 spiro atoms. The van der Waals surface area contributed by atoms with Crippen molar-refractivity contribution in [3.8, 4) is 0 Å². The van der Waals surface area contributed by atoms with Crippen LogP contribution in [0.15, 0.2) is 35.5 Å². The van der Waals surface area contributed by atoms with Crippen LogP contribution >= 0.6 is 0 Å². The van der Waals surface area contributed by atoms with Gasteiger partial charge < -0.3 is 24.1 Å². The number of rotatable bonds is 3. The molecule has 0 aromatic carbocycles. The van der Waals surface area contributed by atoms with Crippen molar-refractivity contribution < 1.29 is 38.4 Å². The summed E-state index contributed by atoms with van der Waals surface area (Å²) in [5, 5.41) is 11.1. The number of allylic oxidation sites excluding steroid dienone is 2. The van der Waals surface area contributed by atoms with Crippen molar-refractivity contribution in [3.63, 3.8) is 0 Å².